The van der Waals surface area contributed by atoms with Crippen LogP contribution in [0.15, 0.2) is 15.7 Å². The molecule has 0 fully saturated rings. The van der Waals surface area contributed by atoms with Gasteiger partial charge in [-0.2, -0.15) is 0 Å². The minimum absolute atomic E-state index is 0.0434. The Kier molecular flexibility index (Phi) is 5.15. The van der Waals surface area contributed by atoms with E-state index in [0.29, 0.717) is 19.4 Å². The monoisotopic (exact) mass is 241 g/mol. The fourth-order valence-electron chi connectivity index (χ4n) is 1.31. The molecule has 0 radical (unpaired) electrons. The van der Waals surface area contributed by atoms with E-state index in [0.717, 1.165) is 0 Å². The summed E-state index contributed by atoms with van der Waals surface area (Å²) in [7, 11) is 0. The van der Waals surface area contributed by atoms with Crippen molar-refractivity contribution in [3.63, 3.8) is 0 Å². The Morgan fingerprint density at radius 2 is 2.06 bits per heavy atom. The van der Waals surface area contributed by atoms with Crippen molar-refractivity contribution in [2.75, 3.05) is 13.2 Å². The molecule has 17 heavy (non-hydrogen) atoms. The zero-order valence-corrected chi connectivity index (χ0v) is 9.28. The van der Waals surface area contributed by atoms with Gasteiger partial charge in [0.15, 0.2) is 0 Å². The molecule has 1 aromatic rings. The zero-order chi connectivity index (χ0) is 12.7. The van der Waals surface area contributed by atoms with Crippen LogP contribution in [-0.2, 0) is 11.2 Å². The Morgan fingerprint density at radius 1 is 1.29 bits per heavy atom. The Morgan fingerprint density at radius 3 is 2.71 bits per heavy atom. The largest absolute Gasteiger partial charge is 0.396 e. The lowest BCUT2D eigenvalue weighted by Gasteiger charge is -2.03. The van der Waals surface area contributed by atoms with Crippen LogP contribution in [0.3, 0.4) is 0 Å². The third-order valence-corrected chi connectivity index (χ3v) is 2.07. The van der Waals surface area contributed by atoms with Crippen LogP contribution < -0.4 is 16.6 Å². The highest BCUT2D eigenvalue weighted by molar-refractivity contribution is 5.77. The summed E-state index contributed by atoms with van der Waals surface area (Å²) in [5.74, 6) is -0.274. The van der Waals surface area contributed by atoms with E-state index in [1.165, 1.54) is 6.07 Å². The summed E-state index contributed by atoms with van der Waals surface area (Å²) in [5.41, 5.74) is -0.879. The maximum absolute atomic E-state index is 11.4. The number of hydrogen-bond acceptors (Lipinski definition) is 4. The van der Waals surface area contributed by atoms with Gasteiger partial charge in [-0.15, -0.1) is 0 Å². The maximum Gasteiger partial charge on any atom is 0.325 e. The van der Waals surface area contributed by atoms with Gasteiger partial charge in [0.25, 0.3) is 5.56 Å². The quantitative estimate of drug-likeness (QED) is 0.453. The van der Waals surface area contributed by atoms with Crippen LogP contribution in [0.4, 0.5) is 0 Å². The molecule has 0 aliphatic heterocycles. The first kappa shape index (κ1) is 13.2. The summed E-state index contributed by atoms with van der Waals surface area (Å²) in [6.07, 6.45) is 1.27. The van der Waals surface area contributed by atoms with E-state index in [4.69, 9.17) is 5.11 Å². The average molecular weight is 241 g/mol. The Labute approximate surface area is 96.9 Å². The highest BCUT2D eigenvalue weighted by Gasteiger charge is 2.04. The summed E-state index contributed by atoms with van der Waals surface area (Å²) >= 11 is 0. The van der Waals surface area contributed by atoms with Gasteiger partial charge in [0, 0.05) is 24.9 Å². The second kappa shape index (κ2) is 6.64. The number of carbonyl (C=O) groups is 1. The van der Waals surface area contributed by atoms with Crippen LogP contribution in [0.5, 0.6) is 0 Å². The molecule has 0 aliphatic carbocycles. The van der Waals surface area contributed by atoms with Crippen molar-refractivity contribution >= 4 is 5.91 Å². The molecule has 0 bridgehead atoms. The molecule has 0 spiro atoms. The molecule has 0 saturated heterocycles. The van der Waals surface area contributed by atoms with Gasteiger partial charge < -0.3 is 15.4 Å². The number of unbranched alkanes of at least 4 members (excludes halogenated alkanes) is 1. The van der Waals surface area contributed by atoms with Crippen molar-refractivity contribution in [3.05, 3.63) is 32.6 Å². The number of carbonyl (C=O) groups excluding carboxylic acids is 1. The molecular formula is C10H15N3O4. The molecule has 94 valence electrons. The SMILES string of the molecule is O=C(Cc1cc(=O)[nH]c(=O)[nH]1)NCCCCO. The smallest absolute Gasteiger partial charge is 0.325 e. The summed E-state index contributed by atoms with van der Waals surface area (Å²) < 4.78 is 0. The van der Waals surface area contributed by atoms with Gasteiger partial charge in [0.2, 0.25) is 5.91 Å². The second-order valence-corrected chi connectivity index (χ2v) is 3.57. The van der Waals surface area contributed by atoms with E-state index < -0.39 is 11.2 Å². The molecule has 4 N–H and O–H groups in total. The van der Waals surface area contributed by atoms with E-state index in [-0.39, 0.29) is 24.6 Å². The van der Waals surface area contributed by atoms with Gasteiger partial charge in [-0.05, 0) is 12.8 Å². The Bertz CT molecular complexity index is 449. The highest BCUT2D eigenvalue weighted by Crippen LogP contribution is 1.89. The van der Waals surface area contributed by atoms with Crippen molar-refractivity contribution in [2.45, 2.75) is 19.3 Å². The number of aromatic nitrogens is 2. The number of nitrogens with one attached hydrogen (secondary N) is 3. The van der Waals surface area contributed by atoms with Gasteiger partial charge in [-0.25, -0.2) is 4.79 Å². The van der Waals surface area contributed by atoms with Crippen molar-refractivity contribution in [3.8, 4) is 0 Å². The maximum atomic E-state index is 11.4. The first-order valence-corrected chi connectivity index (χ1v) is 5.32. The predicted molar refractivity (Wildman–Crippen MR) is 60.7 cm³/mol. The number of H-pyrrole nitrogens is 2. The van der Waals surface area contributed by atoms with Crippen LogP contribution in [-0.4, -0.2) is 34.1 Å². The van der Waals surface area contributed by atoms with Crippen molar-refractivity contribution in [2.24, 2.45) is 0 Å². The molecule has 0 atom stereocenters. The normalized spacial score (nSPS) is 10.2. The van der Waals surface area contributed by atoms with Gasteiger partial charge in [0.05, 0.1) is 6.42 Å². The lowest BCUT2D eigenvalue weighted by Crippen LogP contribution is -2.29. The number of amides is 1. The molecule has 7 heteroatoms. The minimum Gasteiger partial charge on any atom is -0.396 e. The van der Waals surface area contributed by atoms with Crippen LogP contribution in [0.1, 0.15) is 18.5 Å². The third-order valence-electron chi connectivity index (χ3n) is 2.07. The molecular weight excluding hydrogens is 226 g/mol. The summed E-state index contributed by atoms with van der Waals surface area (Å²) in [6, 6.07) is 1.18. The molecule has 1 amide bonds. The van der Waals surface area contributed by atoms with Gasteiger partial charge in [-0.3, -0.25) is 14.6 Å². The molecule has 0 saturated carbocycles. The van der Waals surface area contributed by atoms with Gasteiger partial charge in [0.1, 0.15) is 0 Å². The zero-order valence-electron chi connectivity index (χ0n) is 9.28. The van der Waals surface area contributed by atoms with Crippen LogP contribution in [0.25, 0.3) is 0 Å². The lowest BCUT2D eigenvalue weighted by molar-refractivity contribution is -0.120. The second-order valence-electron chi connectivity index (χ2n) is 3.57. The molecule has 1 rings (SSSR count). The minimum atomic E-state index is -0.624. The number of aromatic amines is 2. The molecule has 1 heterocycles. The van der Waals surface area contributed by atoms with Gasteiger partial charge >= 0.3 is 5.69 Å². The lowest BCUT2D eigenvalue weighted by atomic mass is 10.2. The van der Waals surface area contributed by atoms with Crippen molar-refractivity contribution in [1.82, 2.24) is 15.3 Å². The first-order chi connectivity index (χ1) is 8.11. The van der Waals surface area contributed by atoms with Crippen molar-refractivity contribution < 1.29 is 9.90 Å². The van der Waals surface area contributed by atoms with Crippen LogP contribution in [0.2, 0.25) is 0 Å². The molecule has 0 unspecified atom stereocenters. The predicted octanol–water partition coefficient (Wildman–Crippen LogP) is -1.51. The average Bonchev–Trinajstić information content (AvgIpc) is 2.23. The molecule has 0 aromatic carbocycles. The molecule has 7 nitrogen and oxygen atoms in total. The van der Waals surface area contributed by atoms with Crippen LogP contribution >= 0.6 is 0 Å². The Hall–Kier alpha value is -1.89. The van der Waals surface area contributed by atoms with Crippen LogP contribution in [0, 0.1) is 0 Å². The number of rotatable bonds is 6. The third kappa shape index (κ3) is 5.12. The Balaban J connectivity index is 2.45. The van der Waals surface area contributed by atoms with E-state index >= 15 is 0 Å². The fraction of sp³-hybridized carbons (Fsp3) is 0.500. The summed E-state index contributed by atoms with van der Waals surface area (Å²) in [5, 5.41) is 11.2. The van der Waals surface area contributed by atoms with E-state index in [1.807, 2.05) is 4.98 Å². The summed E-state index contributed by atoms with van der Waals surface area (Å²) in [6.45, 7) is 0.560. The fourth-order valence-corrected chi connectivity index (χ4v) is 1.31. The highest BCUT2D eigenvalue weighted by atomic mass is 16.3. The number of hydrogen-bond donors (Lipinski definition) is 4. The standard InChI is InChI=1S/C10H15N3O4/c14-4-2-1-3-11-8(15)5-7-6-9(16)13-10(17)12-7/h6,14H,1-5H2,(H,11,15)(H2,12,13,16,17). The molecule has 1 aromatic heterocycles. The first-order valence-electron chi connectivity index (χ1n) is 5.32. The van der Waals surface area contributed by atoms with E-state index in [9.17, 15) is 14.4 Å². The number of aliphatic hydroxyl groups is 1. The van der Waals surface area contributed by atoms with Crippen molar-refractivity contribution in [1.29, 1.82) is 0 Å². The summed E-state index contributed by atoms with van der Waals surface area (Å²) in [4.78, 5) is 37.7. The van der Waals surface area contributed by atoms with Gasteiger partial charge in [-0.1, -0.05) is 0 Å². The van der Waals surface area contributed by atoms with E-state index in [1.54, 1.807) is 0 Å². The number of aliphatic hydroxyl groups excluding tert-OH is 1. The molecule has 0 aliphatic rings. The topological polar surface area (TPSA) is 115 Å². The van der Waals surface area contributed by atoms with E-state index in [2.05, 4.69) is 10.3 Å².